The van der Waals surface area contributed by atoms with Gasteiger partial charge in [-0.3, -0.25) is 9.59 Å². The van der Waals surface area contributed by atoms with Crippen LogP contribution in [-0.4, -0.2) is 99.0 Å². The monoisotopic (exact) mass is 934 g/mol. The predicted octanol–water partition coefficient (Wildman–Crippen LogP) is 9.75. The minimum atomic E-state index is -0.604. The van der Waals surface area contributed by atoms with Crippen molar-refractivity contribution in [1.82, 2.24) is 10.6 Å². The molecule has 0 saturated carbocycles. The molecule has 6 aliphatic heterocycles. The quantitative estimate of drug-likeness (QED) is 0.0829. The first kappa shape index (κ1) is 43.9. The second kappa shape index (κ2) is 19.9. The zero-order chi connectivity index (χ0) is 43.4. The first-order valence-electron chi connectivity index (χ1n) is 23.1. The van der Waals surface area contributed by atoms with Gasteiger partial charge in [0.15, 0.2) is 5.06 Å². The summed E-state index contributed by atoms with van der Waals surface area (Å²) >= 11 is 3.48. The number of anilines is 4. The summed E-state index contributed by atoms with van der Waals surface area (Å²) in [4.78, 5) is 38.4. The molecule has 4 aromatic carbocycles. The topological polar surface area (TPSA) is 89.6 Å². The number of amides is 2. The largest absolute Gasteiger partial charge is 0.372 e. The smallest absolute Gasteiger partial charge is 0.251 e. The Bertz CT molecular complexity index is 2320. The Morgan fingerprint density at radius 3 is 1.80 bits per heavy atom. The number of thioether (sulfide) groups is 2. The Kier molecular flexibility index (Phi) is 13.7. The van der Waals surface area contributed by atoms with Crippen molar-refractivity contribution in [3.63, 3.8) is 0 Å². The molecule has 4 saturated heterocycles. The lowest BCUT2D eigenvalue weighted by Crippen LogP contribution is -2.39. The molecule has 4 fully saturated rings. The molecule has 0 aliphatic carbocycles. The first-order chi connectivity index (χ1) is 31.5. The highest BCUT2D eigenvalue weighted by atomic mass is 33.1. The van der Waals surface area contributed by atoms with E-state index < -0.39 is 10.1 Å². The van der Waals surface area contributed by atoms with E-state index in [0.29, 0.717) is 37.4 Å². The van der Waals surface area contributed by atoms with Crippen molar-refractivity contribution in [2.75, 3.05) is 96.7 Å². The van der Waals surface area contributed by atoms with Crippen LogP contribution in [-0.2, 0) is 15.9 Å². The molecule has 0 aromatic heterocycles. The van der Waals surface area contributed by atoms with Crippen LogP contribution in [0.1, 0.15) is 76.8 Å². The number of fused-ring (bicyclic) bond motifs is 6. The van der Waals surface area contributed by atoms with Crippen LogP contribution in [0, 0.1) is 0 Å². The third-order valence-corrected chi connectivity index (χ3v) is 18.3. The summed E-state index contributed by atoms with van der Waals surface area (Å²) in [6.07, 6.45) is 13.9. The van der Waals surface area contributed by atoms with Gasteiger partial charge in [0, 0.05) is 103 Å². The van der Waals surface area contributed by atoms with Crippen LogP contribution in [0.25, 0.3) is 6.08 Å². The highest BCUT2D eigenvalue weighted by molar-refractivity contribution is 8.76. The number of hydrogen-bond donors (Lipinski definition) is 2. The van der Waals surface area contributed by atoms with E-state index in [-0.39, 0.29) is 11.8 Å². The third kappa shape index (κ3) is 9.51. The molecule has 6 aliphatic rings. The van der Waals surface area contributed by atoms with Crippen molar-refractivity contribution in [2.45, 2.75) is 71.3 Å². The Morgan fingerprint density at radius 1 is 0.625 bits per heavy atom. The predicted molar refractivity (Wildman–Crippen MR) is 269 cm³/mol. The highest BCUT2D eigenvalue weighted by Gasteiger charge is 2.50. The zero-order valence-electron chi connectivity index (χ0n) is 36.4. The van der Waals surface area contributed by atoms with E-state index >= 15 is 0 Å². The van der Waals surface area contributed by atoms with E-state index in [1.807, 2.05) is 30.3 Å². The first-order valence-corrected chi connectivity index (χ1v) is 27.3. The van der Waals surface area contributed by atoms with Crippen molar-refractivity contribution >= 4 is 85.8 Å². The highest BCUT2D eigenvalue weighted by Crippen LogP contribution is 2.56. The van der Waals surface area contributed by atoms with Crippen molar-refractivity contribution in [3.8, 4) is 0 Å². The van der Waals surface area contributed by atoms with Gasteiger partial charge in [-0.2, -0.15) is 0 Å². The molecule has 2 unspecified atom stereocenters. The van der Waals surface area contributed by atoms with E-state index in [4.69, 9.17) is 9.47 Å². The maximum absolute atomic E-state index is 13.3. The molecule has 64 heavy (non-hydrogen) atoms. The van der Waals surface area contributed by atoms with E-state index in [2.05, 4.69) is 97.0 Å². The molecule has 6 heterocycles. The number of nitrogens with one attached hydrogen (secondary N) is 2. The van der Waals surface area contributed by atoms with Gasteiger partial charge in [-0.1, -0.05) is 75.5 Å². The molecule has 0 bridgehead atoms. The maximum Gasteiger partial charge on any atom is 0.251 e. The van der Waals surface area contributed by atoms with Crippen molar-refractivity contribution in [3.05, 3.63) is 113 Å². The van der Waals surface area contributed by atoms with Crippen LogP contribution in [0.3, 0.4) is 0 Å². The van der Waals surface area contributed by atoms with E-state index in [1.54, 1.807) is 45.1 Å². The summed E-state index contributed by atoms with van der Waals surface area (Å²) in [7, 11) is 3.41. The molecule has 10 nitrogen and oxygen atoms in total. The minimum absolute atomic E-state index is 0.0589. The average molecular weight is 935 g/mol. The Hall–Kier alpha value is -3.92. The summed E-state index contributed by atoms with van der Waals surface area (Å²) in [5.41, 5.74) is 8.58. The normalized spacial score (nSPS) is 22.4. The fourth-order valence-corrected chi connectivity index (χ4v) is 14.2. The Balaban J connectivity index is 0.641. The standard InChI is InChI=1S/C50H58N6O4S4/c57-47(39-11-17-45-43(35-39)55-29-31-59-49(55,63-45)21-19-37-7-13-41(14-8-37)53-25-3-1-4-26-53)51-23-33-61-62-34-24-52-48(58)40-12-18-46-44(36-40)56-30-32-60-50(56,64-46)22-20-38-9-15-42(16-10-38)54-27-5-2-6-28-54/h7-19,21,35-36H,1-6,20,22-34H2,(H,51,57)(H,52,58)/b21-19+. The van der Waals surface area contributed by atoms with Gasteiger partial charge in [0.05, 0.1) is 24.6 Å². The zero-order valence-corrected chi connectivity index (χ0v) is 39.7. The lowest BCUT2D eigenvalue weighted by atomic mass is 10.1. The third-order valence-electron chi connectivity index (χ3n) is 13.1. The van der Waals surface area contributed by atoms with Gasteiger partial charge < -0.3 is 39.7 Å². The van der Waals surface area contributed by atoms with E-state index in [1.165, 1.54) is 60.4 Å². The molecule has 0 radical (unpaired) electrons. The number of hydrogen-bond acceptors (Lipinski definition) is 12. The Morgan fingerprint density at radius 2 is 1.17 bits per heavy atom. The minimum Gasteiger partial charge on any atom is -0.372 e. The number of aryl methyl sites for hydroxylation is 1. The number of carbonyl (C=O) groups excluding carboxylic acids is 2. The molecular weight excluding hydrogens is 877 g/mol. The number of benzene rings is 4. The van der Waals surface area contributed by atoms with Gasteiger partial charge in [0.25, 0.3) is 11.8 Å². The Labute approximate surface area is 394 Å². The SMILES string of the molecule is O=C(NCCSSCCNC(=O)c1ccc2c(c1)N1CCOC1(CCc1ccc(N3CCCCC3)cc1)S2)c1ccc2c(c1)N1CCOC1(/C=C/c1ccc(N3CCCCC3)cc1)S2. The van der Waals surface area contributed by atoms with E-state index in [0.717, 1.165) is 85.4 Å². The molecule has 2 N–H and O–H groups in total. The maximum atomic E-state index is 13.3. The van der Waals surface area contributed by atoms with Gasteiger partial charge in [-0.05, 0) is 123 Å². The average Bonchev–Trinajstić information content (AvgIpc) is 4.10. The summed E-state index contributed by atoms with van der Waals surface area (Å²) in [6.45, 7) is 8.64. The summed E-state index contributed by atoms with van der Waals surface area (Å²) in [5.74, 6) is 1.41. The number of piperidine rings is 2. The van der Waals surface area contributed by atoms with Crippen LogP contribution >= 0.6 is 45.1 Å². The van der Waals surface area contributed by atoms with Crippen LogP contribution in [0.4, 0.5) is 22.7 Å². The van der Waals surface area contributed by atoms with Crippen molar-refractivity contribution < 1.29 is 19.1 Å². The second-order valence-electron chi connectivity index (χ2n) is 17.3. The lowest BCUT2D eigenvalue weighted by molar-refractivity contribution is 0.0788. The number of nitrogens with zero attached hydrogens (tertiary/aromatic N) is 4. The van der Waals surface area contributed by atoms with Crippen LogP contribution in [0.5, 0.6) is 0 Å². The molecule has 336 valence electrons. The molecule has 14 heteroatoms. The van der Waals surface area contributed by atoms with Crippen LogP contribution in [0.15, 0.2) is 101 Å². The number of ether oxygens (including phenoxy) is 2. The lowest BCUT2D eigenvalue weighted by Gasteiger charge is -2.31. The molecule has 2 atom stereocenters. The molecule has 0 spiro atoms. The van der Waals surface area contributed by atoms with Crippen molar-refractivity contribution in [1.29, 1.82) is 0 Å². The summed E-state index contributed by atoms with van der Waals surface area (Å²) in [6, 6.07) is 30.0. The number of carbonyl (C=O) groups is 2. The summed E-state index contributed by atoms with van der Waals surface area (Å²) in [5, 5.41) is 5.18. The van der Waals surface area contributed by atoms with Crippen LogP contribution in [0.2, 0.25) is 0 Å². The van der Waals surface area contributed by atoms with Gasteiger partial charge >= 0.3 is 0 Å². The molecular formula is C50H58N6O4S4. The van der Waals surface area contributed by atoms with E-state index in [9.17, 15) is 9.59 Å². The second-order valence-corrected chi connectivity index (χ2v) is 22.5. The van der Waals surface area contributed by atoms with Crippen LogP contribution < -0.4 is 30.2 Å². The fraction of sp³-hybridized carbons (Fsp3) is 0.440. The summed E-state index contributed by atoms with van der Waals surface area (Å²) < 4.78 is 12.8. The van der Waals surface area contributed by atoms with Gasteiger partial charge in [-0.25, -0.2) is 0 Å². The van der Waals surface area contributed by atoms with Crippen molar-refractivity contribution in [2.24, 2.45) is 0 Å². The van der Waals surface area contributed by atoms with Gasteiger partial charge in [0.2, 0.25) is 5.06 Å². The molecule has 4 aromatic rings. The van der Waals surface area contributed by atoms with Gasteiger partial charge in [-0.15, -0.1) is 0 Å². The molecule has 2 amide bonds. The van der Waals surface area contributed by atoms with Gasteiger partial charge in [0.1, 0.15) is 0 Å². The number of rotatable bonds is 16. The fourth-order valence-electron chi connectivity index (χ4n) is 9.71. The molecule has 10 rings (SSSR count).